The van der Waals surface area contributed by atoms with Crippen molar-refractivity contribution in [2.45, 2.75) is 0 Å². The summed E-state index contributed by atoms with van der Waals surface area (Å²) in [5, 5.41) is 0.847. The second-order valence-electron chi connectivity index (χ2n) is 3.68. The van der Waals surface area contributed by atoms with E-state index in [4.69, 9.17) is 0 Å². The van der Waals surface area contributed by atoms with Crippen molar-refractivity contribution in [2.75, 3.05) is 0 Å². The van der Waals surface area contributed by atoms with Gasteiger partial charge < -0.3 is 0 Å². The number of hydrogen-bond donors (Lipinski definition) is 0. The molecule has 0 aliphatic carbocycles. The molecule has 0 spiro atoms. The molecular weight excluding hydrogens is 251 g/mol. The Kier molecular flexibility index (Phi) is 2.60. The van der Waals surface area contributed by atoms with E-state index in [1.165, 1.54) is 23.5 Å². The van der Waals surface area contributed by atoms with E-state index in [1.807, 2.05) is 6.07 Å². The highest BCUT2D eigenvalue weighted by Gasteiger charge is 2.08. The van der Waals surface area contributed by atoms with Crippen molar-refractivity contribution < 1.29 is 4.39 Å². The van der Waals surface area contributed by atoms with Gasteiger partial charge in [0.1, 0.15) is 10.8 Å². The van der Waals surface area contributed by atoms with Crippen LogP contribution in [0.5, 0.6) is 0 Å². The molecular formula is C13H7FN2OS. The molecule has 0 saturated carbocycles. The molecule has 18 heavy (non-hydrogen) atoms. The molecule has 2 aromatic heterocycles. The van der Waals surface area contributed by atoms with Gasteiger partial charge in [-0.15, -0.1) is 11.3 Å². The predicted octanol–water partition coefficient (Wildman–Crippen LogP) is 2.86. The van der Waals surface area contributed by atoms with Gasteiger partial charge in [-0.05, 0) is 30.3 Å². The lowest BCUT2D eigenvalue weighted by Crippen LogP contribution is -2.06. The number of halogens is 1. The lowest BCUT2D eigenvalue weighted by atomic mass is 10.3. The van der Waals surface area contributed by atoms with Gasteiger partial charge in [0.05, 0.1) is 11.1 Å². The molecule has 3 rings (SSSR count). The monoisotopic (exact) mass is 258 g/mol. The summed E-state index contributed by atoms with van der Waals surface area (Å²) in [7, 11) is 0. The molecule has 0 radical (unpaired) electrons. The SMILES string of the molecule is O=c1nc(-c2ccccn2)sc2ccc(F)cc12. The molecule has 2 heterocycles. The van der Waals surface area contributed by atoms with E-state index in [0.717, 1.165) is 0 Å². The molecule has 3 nitrogen and oxygen atoms in total. The molecule has 5 heteroatoms. The van der Waals surface area contributed by atoms with Gasteiger partial charge in [-0.1, -0.05) is 6.07 Å². The molecule has 0 saturated heterocycles. The zero-order valence-corrected chi connectivity index (χ0v) is 9.95. The Morgan fingerprint density at radius 2 is 2.06 bits per heavy atom. The molecule has 0 amide bonds. The lowest BCUT2D eigenvalue weighted by Gasteiger charge is -2.00. The summed E-state index contributed by atoms with van der Waals surface area (Å²) in [6, 6.07) is 9.54. The summed E-state index contributed by atoms with van der Waals surface area (Å²) >= 11 is 1.32. The van der Waals surface area contributed by atoms with Gasteiger partial charge in [-0.25, -0.2) is 4.39 Å². The Balaban J connectivity index is 2.29. The molecule has 0 fully saturated rings. The van der Waals surface area contributed by atoms with Crippen LogP contribution in [-0.2, 0) is 0 Å². The lowest BCUT2D eigenvalue weighted by molar-refractivity contribution is 0.629. The summed E-state index contributed by atoms with van der Waals surface area (Å²) in [6.07, 6.45) is 1.64. The van der Waals surface area contributed by atoms with Crippen LogP contribution in [0.15, 0.2) is 47.4 Å². The molecule has 0 bridgehead atoms. The summed E-state index contributed by atoms with van der Waals surface area (Å²) in [5.74, 6) is -0.431. The zero-order chi connectivity index (χ0) is 12.5. The minimum Gasteiger partial charge on any atom is -0.267 e. The molecule has 0 aliphatic rings. The molecule has 88 valence electrons. The predicted molar refractivity (Wildman–Crippen MR) is 69.1 cm³/mol. The standard InChI is InChI=1S/C13H7FN2OS/c14-8-4-5-11-9(7-8)12(17)16-13(18-11)10-3-1-2-6-15-10/h1-7H. The van der Waals surface area contributed by atoms with Gasteiger partial charge >= 0.3 is 0 Å². The van der Waals surface area contributed by atoms with Gasteiger partial charge in [0.15, 0.2) is 0 Å². The number of pyridine rings is 1. The Hall–Kier alpha value is -2.14. The Labute approximate surface area is 106 Å². The van der Waals surface area contributed by atoms with Crippen LogP contribution in [-0.4, -0.2) is 9.97 Å². The van der Waals surface area contributed by atoms with Crippen molar-refractivity contribution in [1.29, 1.82) is 0 Å². The highest BCUT2D eigenvalue weighted by atomic mass is 32.1. The van der Waals surface area contributed by atoms with Crippen LogP contribution in [0.2, 0.25) is 0 Å². The number of nitrogens with zero attached hydrogens (tertiary/aromatic N) is 2. The number of fused-ring (bicyclic) bond motifs is 1. The van der Waals surface area contributed by atoms with Crippen LogP contribution >= 0.6 is 11.3 Å². The van der Waals surface area contributed by atoms with E-state index in [-0.39, 0.29) is 0 Å². The average Bonchev–Trinajstić information content (AvgIpc) is 2.40. The summed E-state index contributed by atoms with van der Waals surface area (Å²) in [5.41, 5.74) is 0.217. The molecule has 0 unspecified atom stereocenters. The maximum atomic E-state index is 13.1. The van der Waals surface area contributed by atoms with Crippen molar-refractivity contribution in [3.05, 3.63) is 58.8 Å². The highest BCUT2D eigenvalue weighted by Crippen LogP contribution is 2.24. The largest absolute Gasteiger partial charge is 0.279 e. The van der Waals surface area contributed by atoms with Gasteiger partial charge in [-0.3, -0.25) is 9.78 Å². The first-order chi connectivity index (χ1) is 8.74. The van der Waals surface area contributed by atoms with Crippen LogP contribution in [0.25, 0.3) is 20.8 Å². The van der Waals surface area contributed by atoms with Gasteiger partial charge in [0.25, 0.3) is 5.56 Å². The molecule has 0 aliphatic heterocycles. The van der Waals surface area contributed by atoms with E-state index in [9.17, 15) is 9.18 Å². The van der Waals surface area contributed by atoms with Crippen LogP contribution < -0.4 is 5.56 Å². The topological polar surface area (TPSA) is 42.9 Å². The fourth-order valence-corrected chi connectivity index (χ4v) is 2.59. The minimum absolute atomic E-state index is 0.305. The average molecular weight is 258 g/mol. The van der Waals surface area contributed by atoms with Crippen LogP contribution in [0.3, 0.4) is 0 Å². The normalized spacial score (nSPS) is 10.7. The van der Waals surface area contributed by atoms with E-state index < -0.39 is 11.4 Å². The van der Waals surface area contributed by atoms with Crippen LogP contribution in [0.4, 0.5) is 4.39 Å². The molecule has 0 N–H and O–H groups in total. The van der Waals surface area contributed by atoms with Crippen LogP contribution in [0, 0.1) is 5.82 Å². The molecule has 3 aromatic rings. The third-order valence-corrected chi connectivity index (χ3v) is 3.54. The Bertz CT molecular complexity index is 771. The van der Waals surface area contributed by atoms with E-state index in [2.05, 4.69) is 9.97 Å². The summed E-state index contributed by atoms with van der Waals surface area (Å²) in [6.45, 7) is 0. The third-order valence-electron chi connectivity index (χ3n) is 2.47. The first-order valence-electron chi connectivity index (χ1n) is 5.26. The second-order valence-corrected chi connectivity index (χ2v) is 4.71. The smallest absolute Gasteiger partial charge is 0.267 e. The minimum atomic E-state index is -0.431. The molecule has 0 atom stereocenters. The summed E-state index contributed by atoms with van der Waals surface area (Å²) < 4.78 is 13.8. The van der Waals surface area contributed by atoms with E-state index >= 15 is 0 Å². The van der Waals surface area contributed by atoms with Gasteiger partial charge in [0.2, 0.25) is 0 Å². The number of aromatic nitrogens is 2. The maximum absolute atomic E-state index is 13.1. The van der Waals surface area contributed by atoms with E-state index in [1.54, 1.807) is 24.4 Å². The highest BCUT2D eigenvalue weighted by molar-refractivity contribution is 7.21. The molecule has 1 aromatic carbocycles. The van der Waals surface area contributed by atoms with Crippen molar-refractivity contribution >= 4 is 21.4 Å². The maximum Gasteiger partial charge on any atom is 0.279 e. The van der Waals surface area contributed by atoms with Crippen molar-refractivity contribution in [3.8, 4) is 10.7 Å². The quantitative estimate of drug-likeness (QED) is 0.674. The van der Waals surface area contributed by atoms with Crippen molar-refractivity contribution in [1.82, 2.24) is 9.97 Å². The fraction of sp³-hybridized carbons (Fsp3) is 0. The van der Waals surface area contributed by atoms with Gasteiger partial charge in [0, 0.05) is 10.9 Å². The van der Waals surface area contributed by atoms with E-state index in [0.29, 0.717) is 20.8 Å². The first kappa shape index (κ1) is 11.0. The number of rotatable bonds is 1. The zero-order valence-electron chi connectivity index (χ0n) is 9.13. The Morgan fingerprint density at radius 3 is 2.83 bits per heavy atom. The third kappa shape index (κ3) is 1.89. The fourth-order valence-electron chi connectivity index (χ4n) is 1.64. The van der Waals surface area contributed by atoms with Gasteiger partial charge in [-0.2, -0.15) is 4.98 Å². The van der Waals surface area contributed by atoms with Crippen molar-refractivity contribution in [2.24, 2.45) is 0 Å². The first-order valence-corrected chi connectivity index (χ1v) is 6.07. The number of benzene rings is 1. The number of hydrogen-bond acceptors (Lipinski definition) is 4. The summed E-state index contributed by atoms with van der Waals surface area (Å²) in [4.78, 5) is 19.9. The van der Waals surface area contributed by atoms with Crippen LogP contribution in [0.1, 0.15) is 0 Å². The second kappa shape index (κ2) is 4.27. The van der Waals surface area contributed by atoms with Crippen molar-refractivity contribution in [3.63, 3.8) is 0 Å². The Morgan fingerprint density at radius 1 is 1.17 bits per heavy atom.